The zero-order valence-corrected chi connectivity index (χ0v) is 27.3. The van der Waals surface area contributed by atoms with E-state index in [1.807, 2.05) is 36.6 Å². The van der Waals surface area contributed by atoms with Crippen molar-refractivity contribution in [3.05, 3.63) is 42.2 Å². The molecule has 2 aliphatic heterocycles. The van der Waals surface area contributed by atoms with Gasteiger partial charge < -0.3 is 34.2 Å². The molecule has 2 aliphatic rings. The predicted octanol–water partition coefficient (Wildman–Crippen LogP) is 4.12. The molecule has 254 valence electrons. The normalized spacial score (nSPS) is 24.7. The molecule has 15 nitrogen and oxygen atoms in total. The maximum atomic E-state index is 12.8. The first kappa shape index (κ1) is 35.5. The van der Waals surface area contributed by atoms with Gasteiger partial charge >= 0.3 is 21.8 Å². The quantitative estimate of drug-likeness (QED) is 0.0753. The van der Waals surface area contributed by atoms with Crippen molar-refractivity contribution in [1.29, 1.82) is 0 Å². The van der Waals surface area contributed by atoms with Crippen molar-refractivity contribution in [2.45, 2.75) is 55.0 Å². The van der Waals surface area contributed by atoms with Crippen molar-refractivity contribution in [3.63, 3.8) is 0 Å². The fraction of sp³-hybridized carbons (Fsp3) is 0.542. The van der Waals surface area contributed by atoms with Gasteiger partial charge in [0.15, 0.2) is 34.7 Å². The van der Waals surface area contributed by atoms with Gasteiger partial charge in [0.25, 0.3) is 0 Å². The molecular formula is C24H30F3N5O10P2S2. The Kier molecular flexibility index (Phi) is 11.4. The number of anilines is 1. The van der Waals surface area contributed by atoms with E-state index in [9.17, 15) is 27.2 Å². The first-order chi connectivity index (χ1) is 21.7. The molecule has 6 atom stereocenters. The minimum atomic E-state index is -5.37. The van der Waals surface area contributed by atoms with Crippen molar-refractivity contribution in [2.24, 2.45) is 0 Å². The number of aromatic nitrogens is 4. The average Bonchev–Trinajstić information content (AvgIpc) is 3.64. The Morgan fingerprint density at radius 1 is 1.07 bits per heavy atom. The minimum absolute atomic E-state index is 0.0703. The Hall–Kier alpha value is -1.80. The number of ether oxygens (including phenoxy) is 3. The van der Waals surface area contributed by atoms with E-state index in [4.69, 9.17) is 28.5 Å². The molecule has 2 fully saturated rings. The number of rotatable bonds is 15. The maximum absolute atomic E-state index is 12.8. The lowest BCUT2D eigenvalue weighted by Crippen LogP contribution is -2.31. The highest BCUT2D eigenvalue weighted by Crippen LogP contribution is 2.58. The summed E-state index contributed by atoms with van der Waals surface area (Å²) in [5.41, 5.74) is 1.43. The molecule has 2 unspecified atom stereocenters. The van der Waals surface area contributed by atoms with Crippen molar-refractivity contribution in [1.82, 2.24) is 19.5 Å². The van der Waals surface area contributed by atoms with Crippen LogP contribution in [0.2, 0.25) is 0 Å². The van der Waals surface area contributed by atoms with Gasteiger partial charge in [-0.2, -0.15) is 29.2 Å². The van der Waals surface area contributed by atoms with Crippen LogP contribution in [-0.2, 0) is 38.6 Å². The maximum Gasteiger partial charge on any atom is 0.481 e. The predicted molar refractivity (Wildman–Crippen MR) is 160 cm³/mol. The molecule has 0 spiro atoms. The van der Waals surface area contributed by atoms with Crippen molar-refractivity contribution < 1.29 is 60.0 Å². The van der Waals surface area contributed by atoms with Gasteiger partial charge in [0.2, 0.25) is 0 Å². The third-order valence-corrected chi connectivity index (χ3v) is 10.3. The molecule has 22 heteroatoms. The number of benzene rings is 1. The second-order valence-corrected chi connectivity index (χ2v) is 14.9. The second-order valence-electron chi connectivity index (χ2n) is 10.0. The Balaban J connectivity index is 1.44. The average molecular weight is 732 g/mol. The Morgan fingerprint density at radius 3 is 2.50 bits per heavy atom. The van der Waals surface area contributed by atoms with Crippen LogP contribution in [0, 0.1) is 0 Å². The van der Waals surface area contributed by atoms with Crippen molar-refractivity contribution in [3.8, 4) is 0 Å². The van der Waals surface area contributed by atoms with E-state index >= 15 is 0 Å². The lowest BCUT2D eigenvalue weighted by Gasteiger charge is -2.22. The first-order valence-electron chi connectivity index (χ1n) is 13.6. The summed E-state index contributed by atoms with van der Waals surface area (Å²) >= 11 is 2.40. The van der Waals surface area contributed by atoms with E-state index < -0.39 is 65.7 Å². The van der Waals surface area contributed by atoms with Crippen LogP contribution in [0.15, 0.2) is 41.8 Å². The van der Waals surface area contributed by atoms with Crippen LogP contribution in [0.25, 0.3) is 11.2 Å². The number of thioether (sulfide) groups is 2. The van der Waals surface area contributed by atoms with Crippen molar-refractivity contribution >= 4 is 56.2 Å². The van der Waals surface area contributed by atoms with Crippen molar-refractivity contribution in [2.75, 3.05) is 36.2 Å². The van der Waals surface area contributed by atoms with Gasteiger partial charge in [-0.3, -0.25) is 9.09 Å². The largest absolute Gasteiger partial charge is 0.481 e. The van der Waals surface area contributed by atoms with Crippen LogP contribution in [0.5, 0.6) is 0 Å². The molecule has 5 rings (SSSR count). The van der Waals surface area contributed by atoms with Gasteiger partial charge in [0.05, 0.1) is 19.4 Å². The fourth-order valence-electron chi connectivity index (χ4n) is 4.79. The zero-order valence-electron chi connectivity index (χ0n) is 23.9. The van der Waals surface area contributed by atoms with E-state index in [1.165, 1.54) is 10.9 Å². The van der Waals surface area contributed by atoms with E-state index in [-0.39, 0.29) is 16.6 Å². The van der Waals surface area contributed by atoms with Gasteiger partial charge in [-0.1, -0.05) is 42.1 Å². The second kappa shape index (κ2) is 14.8. The molecule has 4 heterocycles. The summed E-state index contributed by atoms with van der Waals surface area (Å²) in [5.74, 6) is 0.713. The van der Waals surface area contributed by atoms with Gasteiger partial charge in [0.1, 0.15) is 18.3 Å². The smallest absolute Gasteiger partial charge is 0.367 e. The van der Waals surface area contributed by atoms with Crippen LogP contribution in [-0.4, -0.2) is 95.9 Å². The summed E-state index contributed by atoms with van der Waals surface area (Å²) in [6.45, 7) is -0.193. The van der Waals surface area contributed by atoms with Gasteiger partial charge in [-0.25, -0.2) is 24.1 Å². The molecule has 4 N–H and O–H groups in total. The number of hydrogen-bond donors (Lipinski definition) is 4. The van der Waals surface area contributed by atoms with Crippen LogP contribution >= 0.6 is 39.2 Å². The summed E-state index contributed by atoms with van der Waals surface area (Å²) in [6.07, 6.45) is -6.39. The molecule has 2 aromatic heterocycles. The van der Waals surface area contributed by atoms with Gasteiger partial charge in [0, 0.05) is 24.5 Å². The van der Waals surface area contributed by atoms with Crippen LogP contribution in [0.1, 0.15) is 18.2 Å². The third-order valence-electron chi connectivity index (χ3n) is 6.65. The topological polar surface area (TPSA) is 197 Å². The molecule has 0 aliphatic carbocycles. The molecule has 2 saturated heterocycles. The number of fused-ring (bicyclic) bond motifs is 2. The number of halogens is 3. The Morgan fingerprint density at radius 2 is 1.80 bits per heavy atom. The number of nitrogens with zero attached hydrogens (tertiary/aromatic N) is 4. The molecule has 1 aromatic carbocycles. The Labute approximate surface area is 268 Å². The number of phosphoric acid groups is 2. The molecular weight excluding hydrogens is 701 g/mol. The Bertz CT molecular complexity index is 1590. The standard InChI is InChI=1S/C24H30F3N5O10P2S2/c1-45-10-8-28-20-17-21(31-23(30-20)46-9-7-24(25,26)27)32(13-29-17)22-19-18(40-16(41-19)11-14-5-3-2-4-6-14)15(39-22)12-38-44(36,37)42-43(33,34)35/h2-6,13,15-16,18-19,22H,7-12H2,1H3,(H,36,37)(H,28,30,31)(H2,33,34,35)/t15-,16?,18-,19-,22-/m1/s1. The molecule has 0 radical (unpaired) electrons. The summed E-state index contributed by atoms with van der Waals surface area (Å²) in [7, 11) is -10.6. The SMILES string of the molecule is CSCCNc1nc(SCCC(F)(F)F)nc2c1ncn2[C@@H]1O[C@H](COP(=O)(O)OP(=O)(O)O)[C@H]2OC(Cc3ccccc3)O[C@H]21. The molecule has 46 heavy (non-hydrogen) atoms. The zero-order chi connectivity index (χ0) is 33.1. The number of alkyl halides is 3. The number of imidazole rings is 1. The van der Waals surface area contributed by atoms with Crippen LogP contribution in [0.4, 0.5) is 19.0 Å². The lowest BCUT2D eigenvalue weighted by molar-refractivity contribution is -0.149. The highest BCUT2D eigenvalue weighted by atomic mass is 32.2. The molecule has 0 amide bonds. The number of phosphoric ester groups is 1. The number of hydrogen-bond acceptors (Lipinski definition) is 13. The molecule has 3 aromatic rings. The molecule has 0 saturated carbocycles. The van der Waals surface area contributed by atoms with Gasteiger partial charge in [-0.05, 0) is 11.8 Å². The van der Waals surface area contributed by atoms with Gasteiger partial charge in [-0.15, -0.1) is 0 Å². The summed E-state index contributed by atoms with van der Waals surface area (Å²) in [5, 5.41) is 3.22. The third kappa shape index (κ3) is 9.42. The van der Waals surface area contributed by atoms with E-state index in [0.717, 1.165) is 17.3 Å². The lowest BCUT2D eigenvalue weighted by atomic mass is 10.1. The highest BCUT2D eigenvalue weighted by molar-refractivity contribution is 7.99. The summed E-state index contributed by atoms with van der Waals surface area (Å²) < 4.78 is 90.6. The minimum Gasteiger partial charge on any atom is -0.367 e. The summed E-state index contributed by atoms with van der Waals surface area (Å²) in [4.78, 5) is 41.1. The highest BCUT2D eigenvalue weighted by Gasteiger charge is 2.54. The van der Waals surface area contributed by atoms with E-state index in [2.05, 4.69) is 24.6 Å². The fourth-order valence-corrected chi connectivity index (χ4v) is 7.51. The van der Waals surface area contributed by atoms with Crippen LogP contribution in [0.3, 0.4) is 0 Å². The number of nitrogens with one attached hydrogen (secondary N) is 1. The first-order valence-corrected chi connectivity index (χ1v) is 19.0. The summed E-state index contributed by atoms with van der Waals surface area (Å²) in [6, 6.07) is 9.30. The monoisotopic (exact) mass is 731 g/mol. The van der Waals surface area contributed by atoms with E-state index in [0.29, 0.717) is 30.1 Å². The van der Waals surface area contributed by atoms with E-state index in [1.54, 1.807) is 11.8 Å². The molecule has 0 bridgehead atoms. The van der Waals surface area contributed by atoms with Crippen LogP contribution < -0.4 is 5.32 Å².